The smallest absolute Gasteiger partial charge is 0.254 e. The Labute approximate surface area is 143 Å². The molecule has 130 valence electrons. The third-order valence-corrected chi connectivity index (χ3v) is 5.24. The van der Waals surface area contributed by atoms with E-state index in [-0.39, 0.29) is 17.7 Å². The van der Waals surface area contributed by atoms with Crippen molar-refractivity contribution in [1.82, 2.24) is 9.80 Å². The fourth-order valence-electron chi connectivity index (χ4n) is 3.70. The maximum Gasteiger partial charge on any atom is 0.254 e. The fraction of sp³-hybridized carbons (Fsp3) is 0.579. The van der Waals surface area contributed by atoms with E-state index in [1.54, 1.807) is 13.2 Å². The van der Waals surface area contributed by atoms with Gasteiger partial charge in [-0.25, -0.2) is 0 Å². The number of carbonyl (C=O) groups excluding carboxylic acids is 2. The molecule has 1 aliphatic carbocycles. The first kappa shape index (κ1) is 16.8. The first-order chi connectivity index (χ1) is 11.6. The summed E-state index contributed by atoms with van der Waals surface area (Å²) in [5, 5.41) is 0. The van der Waals surface area contributed by atoms with Crippen LogP contribution in [0.3, 0.4) is 0 Å². The minimum absolute atomic E-state index is 0.0151. The Morgan fingerprint density at radius 2 is 1.67 bits per heavy atom. The minimum atomic E-state index is 0.0151. The lowest BCUT2D eigenvalue weighted by molar-refractivity contribution is -0.136. The zero-order valence-electron chi connectivity index (χ0n) is 14.6. The number of nitrogens with zero attached hydrogens (tertiary/aromatic N) is 2. The summed E-state index contributed by atoms with van der Waals surface area (Å²) >= 11 is 0. The van der Waals surface area contributed by atoms with Crippen molar-refractivity contribution in [3.05, 3.63) is 29.3 Å². The third kappa shape index (κ3) is 3.40. The molecule has 1 aliphatic heterocycles. The predicted octanol–water partition coefficient (Wildman–Crippen LogP) is 2.48. The van der Waals surface area contributed by atoms with E-state index in [0.29, 0.717) is 31.7 Å². The summed E-state index contributed by atoms with van der Waals surface area (Å²) < 4.78 is 5.30. The van der Waals surface area contributed by atoms with Gasteiger partial charge in [-0.15, -0.1) is 0 Å². The molecule has 1 aromatic carbocycles. The third-order valence-electron chi connectivity index (χ3n) is 5.24. The number of rotatable bonds is 3. The van der Waals surface area contributed by atoms with Gasteiger partial charge in [0.25, 0.3) is 5.91 Å². The summed E-state index contributed by atoms with van der Waals surface area (Å²) in [4.78, 5) is 28.9. The van der Waals surface area contributed by atoms with Gasteiger partial charge in [0.15, 0.2) is 0 Å². The summed E-state index contributed by atoms with van der Waals surface area (Å²) in [5.74, 6) is 1.25. The Morgan fingerprint density at radius 1 is 1.04 bits per heavy atom. The van der Waals surface area contributed by atoms with Crippen molar-refractivity contribution in [2.24, 2.45) is 5.92 Å². The number of carbonyl (C=O) groups is 2. The Bertz CT molecular complexity index is 615. The number of piperazine rings is 1. The van der Waals surface area contributed by atoms with Crippen molar-refractivity contribution in [1.29, 1.82) is 0 Å². The first-order valence-electron chi connectivity index (χ1n) is 8.83. The summed E-state index contributed by atoms with van der Waals surface area (Å²) in [6, 6.07) is 5.55. The van der Waals surface area contributed by atoms with E-state index in [0.717, 1.165) is 24.2 Å². The average Bonchev–Trinajstić information content (AvgIpc) is 3.16. The summed E-state index contributed by atoms with van der Waals surface area (Å²) in [6.07, 6.45) is 4.40. The van der Waals surface area contributed by atoms with E-state index < -0.39 is 0 Å². The highest BCUT2D eigenvalue weighted by atomic mass is 16.5. The van der Waals surface area contributed by atoms with Crippen LogP contribution >= 0.6 is 0 Å². The Hall–Kier alpha value is -2.04. The highest BCUT2D eigenvalue weighted by Gasteiger charge is 2.30. The number of ether oxygens (including phenoxy) is 1. The Balaban J connectivity index is 1.59. The van der Waals surface area contributed by atoms with E-state index in [9.17, 15) is 9.59 Å². The fourth-order valence-corrected chi connectivity index (χ4v) is 3.70. The van der Waals surface area contributed by atoms with Crippen molar-refractivity contribution in [2.45, 2.75) is 32.6 Å². The number of methoxy groups -OCH3 is 1. The molecule has 2 fully saturated rings. The summed E-state index contributed by atoms with van der Waals surface area (Å²) in [5.41, 5.74) is 1.66. The van der Waals surface area contributed by atoms with E-state index in [2.05, 4.69) is 0 Å². The summed E-state index contributed by atoms with van der Waals surface area (Å²) in [7, 11) is 1.62. The first-order valence-corrected chi connectivity index (χ1v) is 8.83. The van der Waals surface area contributed by atoms with E-state index in [1.165, 1.54) is 12.8 Å². The molecule has 0 bridgehead atoms. The van der Waals surface area contributed by atoms with Crippen LogP contribution in [0.4, 0.5) is 0 Å². The van der Waals surface area contributed by atoms with Gasteiger partial charge in [0.05, 0.1) is 7.11 Å². The predicted molar refractivity (Wildman–Crippen MR) is 92.2 cm³/mol. The van der Waals surface area contributed by atoms with Crippen LogP contribution in [0.5, 0.6) is 5.75 Å². The van der Waals surface area contributed by atoms with Crippen LogP contribution < -0.4 is 4.74 Å². The molecule has 0 aromatic heterocycles. The van der Waals surface area contributed by atoms with Gasteiger partial charge in [-0.2, -0.15) is 0 Å². The average molecular weight is 330 g/mol. The molecule has 1 saturated heterocycles. The van der Waals surface area contributed by atoms with Crippen LogP contribution in [0, 0.1) is 12.8 Å². The molecule has 0 spiro atoms. The number of benzene rings is 1. The molecular formula is C19H26N2O3. The van der Waals surface area contributed by atoms with Crippen molar-refractivity contribution in [3.8, 4) is 5.75 Å². The molecule has 0 N–H and O–H groups in total. The van der Waals surface area contributed by atoms with Gasteiger partial charge in [-0.3, -0.25) is 9.59 Å². The van der Waals surface area contributed by atoms with Crippen LogP contribution in [0.2, 0.25) is 0 Å². The molecule has 1 aromatic rings. The lowest BCUT2D eigenvalue weighted by atomic mass is 10.1. The van der Waals surface area contributed by atoms with Crippen LogP contribution in [-0.4, -0.2) is 54.9 Å². The molecule has 1 saturated carbocycles. The molecular weight excluding hydrogens is 304 g/mol. The highest BCUT2D eigenvalue weighted by Crippen LogP contribution is 2.27. The maximum absolute atomic E-state index is 12.7. The highest BCUT2D eigenvalue weighted by molar-refractivity contribution is 5.95. The Kier molecular flexibility index (Phi) is 5.07. The molecule has 5 nitrogen and oxygen atoms in total. The molecule has 0 unspecified atom stereocenters. The number of hydrogen-bond donors (Lipinski definition) is 0. The molecule has 0 atom stereocenters. The summed E-state index contributed by atoms with van der Waals surface area (Å²) in [6.45, 7) is 4.45. The van der Waals surface area contributed by atoms with Crippen molar-refractivity contribution < 1.29 is 14.3 Å². The number of amides is 2. The van der Waals surface area contributed by atoms with Gasteiger partial charge < -0.3 is 14.5 Å². The van der Waals surface area contributed by atoms with E-state index in [4.69, 9.17) is 4.74 Å². The van der Waals surface area contributed by atoms with Gasteiger partial charge in [0.2, 0.25) is 5.91 Å². The largest absolute Gasteiger partial charge is 0.496 e. The monoisotopic (exact) mass is 330 g/mol. The van der Waals surface area contributed by atoms with Crippen LogP contribution in [0.25, 0.3) is 0 Å². The number of hydrogen-bond acceptors (Lipinski definition) is 3. The minimum Gasteiger partial charge on any atom is -0.496 e. The number of aryl methyl sites for hydroxylation is 1. The molecule has 0 radical (unpaired) electrons. The second-order valence-electron chi connectivity index (χ2n) is 6.78. The van der Waals surface area contributed by atoms with Gasteiger partial charge in [-0.1, -0.05) is 18.9 Å². The van der Waals surface area contributed by atoms with Crippen molar-refractivity contribution in [2.75, 3.05) is 33.3 Å². The van der Waals surface area contributed by atoms with E-state index >= 15 is 0 Å². The second kappa shape index (κ2) is 7.24. The lowest BCUT2D eigenvalue weighted by Gasteiger charge is -2.36. The van der Waals surface area contributed by atoms with Crippen LogP contribution in [0.15, 0.2) is 18.2 Å². The molecule has 3 rings (SSSR count). The molecule has 24 heavy (non-hydrogen) atoms. The van der Waals surface area contributed by atoms with Gasteiger partial charge in [-0.05, 0) is 37.5 Å². The van der Waals surface area contributed by atoms with Crippen molar-refractivity contribution >= 4 is 11.8 Å². The molecule has 1 heterocycles. The normalized spacial score (nSPS) is 18.8. The SMILES string of the molecule is COc1cc(C(=O)N2CCN(C(=O)C3CCCC3)CC2)ccc1C. The van der Waals surface area contributed by atoms with Crippen LogP contribution in [-0.2, 0) is 4.79 Å². The quantitative estimate of drug-likeness (QED) is 0.855. The Morgan fingerprint density at radius 3 is 2.29 bits per heavy atom. The molecule has 5 heteroatoms. The van der Waals surface area contributed by atoms with Crippen molar-refractivity contribution in [3.63, 3.8) is 0 Å². The zero-order valence-corrected chi connectivity index (χ0v) is 14.6. The molecule has 2 amide bonds. The lowest BCUT2D eigenvalue weighted by Crippen LogP contribution is -2.51. The topological polar surface area (TPSA) is 49.9 Å². The maximum atomic E-state index is 12.7. The standard InChI is InChI=1S/C19H26N2O3/c1-14-7-8-16(13-17(14)24-2)19(23)21-11-9-20(10-12-21)18(22)15-5-3-4-6-15/h7-8,13,15H,3-6,9-12H2,1-2H3. The zero-order chi connectivity index (χ0) is 17.1. The van der Waals surface area contributed by atoms with Gasteiger partial charge in [0, 0.05) is 37.7 Å². The van der Waals surface area contributed by atoms with Gasteiger partial charge in [0.1, 0.15) is 5.75 Å². The second-order valence-corrected chi connectivity index (χ2v) is 6.78. The molecule has 2 aliphatic rings. The van der Waals surface area contributed by atoms with Crippen LogP contribution in [0.1, 0.15) is 41.6 Å². The van der Waals surface area contributed by atoms with Gasteiger partial charge >= 0.3 is 0 Å². The van der Waals surface area contributed by atoms with E-state index in [1.807, 2.05) is 28.9 Å².